The van der Waals surface area contributed by atoms with E-state index < -0.39 is 23.5 Å². The van der Waals surface area contributed by atoms with Gasteiger partial charge in [0, 0.05) is 17.2 Å². The molecule has 1 atom stereocenters. The van der Waals surface area contributed by atoms with Gasteiger partial charge in [-0.25, -0.2) is 4.98 Å². The number of ether oxygens (including phenoxy) is 1. The molecule has 0 saturated carbocycles. The molecule has 0 aliphatic carbocycles. The summed E-state index contributed by atoms with van der Waals surface area (Å²) in [5.41, 5.74) is 3.20. The highest BCUT2D eigenvalue weighted by molar-refractivity contribution is 6.46. The first-order valence-corrected chi connectivity index (χ1v) is 13.0. The Hall–Kier alpha value is -4.13. The molecule has 6 nitrogen and oxygen atoms in total. The molecular weight excluding hydrogens is 535 g/mol. The van der Waals surface area contributed by atoms with Crippen molar-refractivity contribution >= 4 is 40.7 Å². The van der Waals surface area contributed by atoms with Crippen molar-refractivity contribution in [1.82, 2.24) is 4.90 Å². The summed E-state index contributed by atoms with van der Waals surface area (Å²) in [5.74, 6) is -1.49. The van der Waals surface area contributed by atoms with E-state index in [0.29, 0.717) is 22.9 Å². The molecule has 1 aliphatic rings. The molecular formula is C31H24Cl2N2O4. The van der Waals surface area contributed by atoms with Crippen LogP contribution in [0.2, 0.25) is 10.0 Å². The minimum Gasteiger partial charge on any atom is -0.872 e. The molecule has 1 aromatic heterocycles. The zero-order chi connectivity index (χ0) is 27.5. The van der Waals surface area contributed by atoms with E-state index in [-0.39, 0.29) is 22.7 Å². The SMILES string of the molecule is Cc1cc(C([O-])=C2C(=O)C(=O)N(Cc3ccc[nH+]c3)C2c2ccc(Cl)c(Cl)c2)ccc1OCc1ccccc1. The molecule has 0 spiro atoms. The van der Waals surface area contributed by atoms with Crippen LogP contribution in [-0.2, 0) is 22.7 Å². The van der Waals surface area contributed by atoms with Gasteiger partial charge in [-0.3, -0.25) is 9.59 Å². The first kappa shape index (κ1) is 26.5. The van der Waals surface area contributed by atoms with E-state index >= 15 is 0 Å². The Labute approximate surface area is 236 Å². The van der Waals surface area contributed by atoms with Crippen LogP contribution in [0.5, 0.6) is 5.75 Å². The predicted molar refractivity (Wildman–Crippen MR) is 147 cm³/mol. The van der Waals surface area contributed by atoms with Crippen LogP contribution in [0.25, 0.3) is 5.76 Å². The summed E-state index contributed by atoms with van der Waals surface area (Å²) in [5, 5.41) is 14.4. The van der Waals surface area contributed by atoms with Gasteiger partial charge in [-0.05, 0) is 59.5 Å². The largest absolute Gasteiger partial charge is 0.872 e. The minimum atomic E-state index is -0.929. The fourth-order valence-electron chi connectivity index (χ4n) is 4.63. The molecule has 39 heavy (non-hydrogen) atoms. The third-order valence-corrected chi connectivity index (χ3v) is 7.33. The number of ketones is 1. The lowest BCUT2D eigenvalue weighted by atomic mass is 9.94. The van der Waals surface area contributed by atoms with Crippen LogP contribution in [0.1, 0.15) is 33.9 Å². The highest BCUT2D eigenvalue weighted by Gasteiger charge is 2.44. The molecule has 2 heterocycles. The number of aromatic nitrogens is 1. The van der Waals surface area contributed by atoms with Crippen LogP contribution in [0, 0.1) is 6.92 Å². The van der Waals surface area contributed by atoms with Gasteiger partial charge in [-0.2, -0.15) is 0 Å². The maximum Gasteiger partial charge on any atom is 0.295 e. The zero-order valence-corrected chi connectivity index (χ0v) is 22.5. The third-order valence-electron chi connectivity index (χ3n) is 6.59. The number of carbonyl (C=O) groups is 2. The Morgan fingerprint density at radius 1 is 0.949 bits per heavy atom. The molecule has 8 heteroatoms. The minimum absolute atomic E-state index is 0.120. The highest BCUT2D eigenvalue weighted by Crippen LogP contribution is 2.41. The van der Waals surface area contributed by atoms with Crippen LogP contribution in [-0.4, -0.2) is 16.6 Å². The lowest BCUT2D eigenvalue weighted by molar-refractivity contribution is -0.378. The number of benzene rings is 3. The topological polar surface area (TPSA) is 83.8 Å². The number of nitrogens with zero attached hydrogens (tertiary/aromatic N) is 1. The number of H-pyrrole nitrogens is 1. The first-order chi connectivity index (χ1) is 18.8. The Morgan fingerprint density at radius 2 is 1.72 bits per heavy atom. The second-order valence-electron chi connectivity index (χ2n) is 9.25. The molecule has 1 amide bonds. The van der Waals surface area contributed by atoms with E-state index in [1.54, 1.807) is 54.9 Å². The zero-order valence-electron chi connectivity index (χ0n) is 21.0. The molecule has 1 N–H and O–H groups in total. The number of aryl methyl sites for hydroxylation is 1. The van der Waals surface area contributed by atoms with E-state index in [1.807, 2.05) is 43.3 Å². The smallest absolute Gasteiger partial charge is 0.295 e. The fraction of sp³-hybridized carbons (Fsp3) is 0.129. The molecule has 1 saturated heterocycles. The molecule has 0 radical (unpaired) electrons. The summed E-state index contributed by atoms with van der Waals surface area (Å²) in [6, 6.07) is 22.3. The van der Waals surface area contributed by atoms with Gasteiger partial charge in [0.1, 0.15) is 12.4 Å². The standard InChI is InChI=1S/C31H24Cl2N2O4/c1-19-14-23(10-12-26(19)39-18-20-6-3-2-4-7-20)29(36)27-28(22-9-11-24(32)25(33)15-22)35(31(38)30(27)37)17-21-8-5-13-34-16-21/h2-16,28,36H,17-18H2,1H3. The van der Waals surface area contributed by atoms with Crippen LogP contribution in [0.15, 0.2) is 96.8 Å². The second kappa shape index (κ2) is 11.3. The first-order valence-electron chi connectivity index (χ1n) is 12.3. The van der Waals surface area contributed by atoms with Crippen LogP contribution < -0.4 is 14.8 Å². The number of pyridine rings is 1. The summed E-state index contributed by atoms with van der Waals surface area (Å²) >= 11 is 12.4. The Bertz CT molecular complexity index is 1570. The monoisotopic (exact) mass is 558 g/mol. The van der Waals surface area contributed by atoms with Crippen LogP contribution >= 0.6 is 23.2 Å². The summed E-state index contributed by atoms with van der Waals surface area (Å²) in [6.45, 7) is 2.33. The van der Waals surface area contributed by atoms with Crippen LogP contribution in [0.3, 0.4) is 0 Å². The number of hydrogen-bond acceptors (Lipinski definition) is 4. The van der Waals surface area contributed by atoms with Gasteiger partial charge in [0.25, 0.3) is 5.91 Å². The Kier molecular flexibility index (Phi) is 7.68. The van der Waals surface area contributed by atoms with E-state index in [4.69, 9.17) is 27.9 Å². The van der Waals surface area contributed by atoms with E-state index in [0.717, 1.165) is 16.7 Å². The Morgan fingerprint density at radius 3 is 2.41 bits per heavy atom. The van der Waals surface area contributed by atoms with Gasteiger partial charge in [-0.1, -0.05) is 71.4 Å². The number of Topliss-reactive ketones (excluding diaryl/α,β-unsaturated/α-hetero) is 1. The third kappa shape index (κ3) is 5.53. The van der Waals surface area contributed by atoms with Crippen molar-refractivity contribution in [2.45, 2.75) is 26.1 Å². The number of halogens is 2. The Balaban J connectivity index is 1.53. The molecule has 0 bridgehead atoms. The molecule has 1 fully saturated rings. The van der Waals surface area contributed by atoms with Crippen molar-refractivity contribution in [3.63, 3.8) is 0 Å². The summed E-state index contributed by atoms with van der Waals surface area (Å²) in [7, 11) is 0. The number of aromatic amines is 1. The summed E-state index contributed by atoms with van der Waals surface area (Å²) < 4.78 is 5.94. The highest BCUT2D eigenvalue weighted by atomic mass is 35.5. The summed E-state index contributed by atoms with van der Waals surface area (Å²) in [6.07, 6.45) is 3.48. The number of nitrogens with one attached hydrogen (secondary N) is 1. The van der Waals surface area contributed by atoms with E-state index in [2.05, 4.69) is 4.98 Å². The fourth-order valence-corrected chi connectivity index (χ4v) is 4.94. The van der Waals surface area contributed by atoms with Gasteiger partial charge in [0.2, 0.25) is 5.78 Å². The molecule has 3 aromatic carbocycles. The van der Waals surface area contributed by atoms with Gasteiger partial charge >= 0.3 is 0 Å². The predicted octanol–water partition coefficient (Wildman–Crippen LogP) is 5.12. The number of hydrogen-bond donors (Lipinski definition) is 0. The molecule has 4 aromatic rings. The van der Waals surface area contributed by atoms with Gasteiger partial charge in [0.15, 0.2) is 12.4 Å². The normalized spacial score (nSPS) is 16.5. The van der Waals surface area contributed by atoms with Gasteiger partial charge < -0.3 is 14.7 Å². The van der Waals surface area contributed by atoms with Gasteiger partial charge in [0.05, 0.1) is 22.6 Å². The second-order valence-corrected chi connectivity index (χ2v) is 10.1. The summed E-state index contributed by atoms with van der Waals surface area (Å²) in [4.78, 5) is 30.9. The van der Waals surface area contributed by atoms with Gasteiger partial charge in [-0.15, -0.1) is 0 Å². The number of rotatable bonds is 7. The lowest BCUT2D eigenvalue weighted by Crippen LogP contribution is -2.29. The average molecular weight is 559 g/mol. The van der Waals surface area contributed by atoms with Crippen molar-refractivity contribution < 1.29 is 24.4 Å². The van der Waals surface area contributed by atoms with E-state index in [9.17, 15) is 14.7 Å². The molecule has 1 unspecified atom stereocenters. The maximum absolute atomic E-state index is 13.8. The van der Waals surface area contributed by atoms with Crippen molar-refractivity contribution in [1.29, 1.82) is 0 Å². The average Bonchev–Trinajstić information content (AvgIpc) is 3.19. The number of likely N-dealkylation sites (tertiary alicyclic amines) is 1. The van der Waals surface area contributed by atoms with Crippen molar-refractivity contribution in [2.75, 3.05) is 0 Å². The quantitative estimate of drug-likeness (QED) is 0.179. The molecule has 196 valence electrons. The molecule has 5 rings (SSSR count). The van der Waals surface area contributed by atoms with Crippen molar-refractivity contribution in [2.24, 2.45) is 0 Å². The van der Waals surface area contributed by atoms with Crippen molar-refractivity contribution in [3.05, 3.63) is 135 Å². The maximum atomic E-state index is 13.8. The number of carbonyl (C=O) groups excluding carboxylic acids is 2. The lowest BCUT2D eigenvalue weighted by Gasteiger charge is -2.27. The van der Waals surface area contributed by atoms with E-state index in [1.165, 1.54) is 4.90 Å². The number of amides is 1. The molecule has 1 aliphatic heterocycles. The van der Waals surface area contributed by atoms with Crippen molar-refractivity contribution in [3.8, 4) is 5.75 Å². The van der Waals surface area contributed by atoms with Crippen LogP contribution in [0.4, 0.5) is 0 Å².